The maximum atomic E-state index is 12.0. The molecule has 6 heteroatoms. The van der Waals surface area contributed by atoms with Gasteiger partial charge in [0, 0.05) is 5.56 Å². The van der Waals surface area contributed by atoms with Gasteiger partial charge in [-0.05, 0) is 29.6 Å². The molecule has 5 nitrogen and oxygen atoms in total. The number of carboxylic acids is 1. The lowest BCUT2D eigenvalue weighted by atomic mass is 10.2. The van der Waals surface area contributed by atoms with Gasteiger partial charge in [0.25, 0.3) is 5.91 Å². The molecule has 98 valence electrons. The lowest BCUT2D eigenvalue weighted by Gasteiger charge is -2.05. The molecule has 0 radical (unpaired) electrons. The van der Waals surface area contributed by atoms with Gasteiger partial charge in [0.05, 0.1) is 12.7 Å². The third-order valence-corrected chi connectivity index (χ3v) is 3.28. The predicted octanol–water partition coefficient (Wildman–Crippen LogP) is 2.71. The number of hydrogen-bond donors (Lipinski definition) is 2. The molecule has 0 aliphatic heterocycles. The summed E-state index contributed by atoms with van der Waals surface area (Å²) in [6.07, 6.45) is 0. The summed E-state index contributed by atoms with van der Waals surface area (Å²) < 4.78 is 5.03. The second kappa shape index (κ2) is 5.53. The van der Waals surface area contributed by atoms with Crippen molar-refractivity contribution in [2.24, 2.45) is 0 Å². The van der Waals surface area contributed by atoms with Gasteiger partial charge in [-0.2, -0.15) is 0 Å². The van der Waals surface area contributed by atoms with Crippen molar-refractivity contribution in [3.63, 3.8) is 0 Å². The van der Waals surface area contributed by atoms with E-state index >= 15 is 0 Å². The van der Waals surface area contributed by atoms with E-state index in [-0.39, 0.29) is 11.5 Å². The molecule has 1 amide bonds. The summed E-state index contributed by atoms with van der Waals surface area (Å²) in [4.78, 5) is 22.9. The number of rotatable bonds is 4. The summed E-state index contributed by atoms with van der Waals surface area (Å²) in [6.45, 7) is 0. The van der Waals surface area contributed by atoms with Crippen LogP contribution in [0.15, 0.2) is 35.7 Å². The number of hydrogen-bond acceptors (Lipinski definition) is 4. The molecule has 19 heavy (non-hydrogen) atoms. The Hall–Kier alpha value is -2.34. The van der Waals surface area contributed by atoms with E-state index in [0.717, 1.165) is 0 Å². The topological polar surface area (TPSA) is 75.6 Å². The Morgan fingerprint density at radius 2 is 2.11 bits per heavy atom. The highest BCUT2D eigenvalue weighted by Crippen LogP contribution is 2.24. The molecule has 0 fully saturated rings. The van der Waals surface area contributed by atoms with Crippen molar-refractivity contribution in [2.75, 3.05) is 12.4 Å². The summed E-state index contributed by atoms with van der Waals surface area (Å²) >= 11 is 1.17. The minimum Gasteiger partial charge on any atom is -0.497 e. The number of carbonyl (C=O) groups excluding carboxylic acids is 1. The number of amides is 1. The number of ether oxygens (including phenoxy) is 1. The molecule has 0 unspecified atom stereocenters. The van der Waals surface area contributed by atoms with Crippen LogP contribution in [0.4, 0.5) is 5.00 Å². The smallest absolute Gasteiger partial charge is 0.338 e. The molecule has 1 aromatic carbocycles. The minimum absolute atomic E-state index is 0.0845. The molecule has 0 spiro atoms. The number of carboxylic acid groups (broad SMARTS) is 1. The Morgan fingerprint density at radius 1 is 1.32 bits per heavy atom. The van der Waals surface area contributed by atoms with E-state index in [9.17, 15) is 9.59 Å². The highest BCUT2D eigenvalue weighted by atomic mass is 32.1. The first kappa shape index (κ1) is 13.1. The second-order valence-corrected chi connectivity index (χ2v) is 4.57. The first-order chi connectivity index (χ1) is 9.11. The standard InChI is InChI=1S/C13H11NO4S/c1-18-9-4-2-3-8(7-9)11(15)14-12-10(13(16)17)5-6-19-12/h2-7H,1H3,(H,14,15)(H,16,17). The average molecular weight is 277 g/mol. The zero-order chi connectivity index (χ0) is 13.8. The fourth-order valence-corrected chi connectivity index (χ4v) is 2.29. The Morgan fingerprint density at radius 3 is 2.79 bits per heavy atom. The van der Waals surface area contributed by atoms with Crippen LogP contribution in [0.1, 0.15) is 20.7 Å². The first-order valence-electron chi connectivity index (χ1n) is 5.38. The molecule has 0 saturated carbocycles. The maximum absolute atomic E-state index is 12.0. The van der Waals surface area contributed by atoms with Gasteiger partial charge in [-0.3, -0.25) is 4.79 Å². The van der Waals surface area contributed by atoms with Crippen molar-refractivity contribution < 1.29 is 19.4 Å². The van der Waals surface area contributed by atoms with E-state index in [0.29, 0.717) is 16.3 Å². The predicted molar refractivity (Wildman–Crippen MR) is 72.2 cm³/mol. The molecular formula is C13H11NO4S. The number of nitrogens with one attached hydrogen (secondary N) is 1. The first-order valence-corrected chi connectivity index (χ1v) is 6.26. The van der Waals surface area contributed by atoms with Crippen LogP contribution in [0.2, 0.25) is 0 Å². The van der Waals surface area contributed by atoms with Gasteiger partial charge >= 0.3 is 5.97 Å². The molecule has 2 N–H and O–H groups in total. The molecule has 0 atom stereocenters. The molecule has 0 bridgehead atoms. The van der Waals surface area contributed by atoms with Crippen molar-refractivity contribution in [1.29, 1.82) is 0 Å². The molecule has 1 aromatic heterocycles. The van der Waals surface area contributed by atoms with Gasteiger partial charge in [0.1, 0.15) is 10.8 Å². The molecule has 2 rings (SSSR count). The fourth-order valence-electron chi connectivity index (χ4n) is 1.51. The van der Waals surface area contributed by atoms with Crippen LogP contribution in [0.5, 0.6) is 5.75 Å². The Kier molecular flexibility index (Phi) is 3.82. The van der Waals surface area contributed by atoms with E-state index in [1.165, 1.54) is 24.5 Å². The SMILES string of the molecule is COc1cccc(C(=O)Nc2sccc2C(=O)O)c1. The quantitative estimate of drug-likeness (QED) is 0.901. The van der Waals surface area contributed by atoms with Crippen LogP contribution in [-0.4, -0.2) is 24.1 Å². The maximum Gasteiger partial charge on any atom is 0.338 e. The molecule has 0 saturated heterocycles. The van der Waals surface area contributed by atoms with Crippen LogP contribution >= 0.6 is 11.3 Å². The van der Waals surface area contributed by atoms with E-state index in [2.05, 4.69) is 5.32 Å². The van der Waals surface area contributed by atoms with E-state index in [1.807, 2.05) is 0 Å². The Balaban J connectivity index is 2.20. The second-order valence-electron chi connectivity index (χ2n) is 3.65. The van der Waals surface area contributed by atoms with Gasteiger partial charge < -0.3 is 15.2 Å². The van der Waals surface area contributed by atoms with Crippen molar-refractivity contribution in [3.05, 3.63) is 46.8 Å². The van der Waals surface area contributed by atoms with Crippen LogP contribution in [-0.2, 0) is 0 Å². The van der Waals surface area contributed by atoms with E-state index < -0.39 is 5.97 Å². The van der Waals surface area contributed by atoms with Crippen molar-refractivity contribution >= 4 is 28.2 Å². The number of anilines is 1. The van der Waals surface area contributed by atoms with Gasteiger partial charge in [0.2, 0.25) is 0 Å². The van der Waals surface area contributed by atoms with Crippen molar-refractivity contribution in [1.82, 2.24) is 0 Å². The number of benzene rings is 1. The number of methoxy groups -OCH3 is 1. The van der Waals surface area contributed by atoms with Crippen LogP contribution in [0, 0.1) is 0 Å². The van der Waals surface area contributed by atoms with Crippen LogP contribution < -0.4 is 10.1 Å². The highest BCUT2D eigenvalue weighted by Gasteiger charge is 2.15. The zero-order valence-corrected chi connectivity index (χ0v) is 10.9. The lowest BCUT2D eigenvalue weighted by Crippen LogP contribution is -2.13. The van der Waals surface area contributed by atoms with Crippen molar-refractivity contribution in [3.8, 4) is 5.75 Å². The lowest BCUT2D eigenvalue weighted by molar-refractivity contribution is 0.0698. The molecular weight excluding hydrogens is 266 g/mol. The van der Waals surface area contributed by atoms with Gasteiger partial charge in [-0.1, -0.05) is 6.07 Å². The number of thiophene rings is 1. The Labute approximate surface area is 113 Å². The van der Waals surface area contributed by atoms with E-state index in [1.54, 1.807) is 29.6 Å². The largest absolute Gasteiger partial charge is 0.497 e. The Bertz CT molecular complexity index is 621. The van der Waals surface area contributed by atoms with Crippen molar-refractivity contribution in [2.45, 2.75) is 0 Å². The molecule has 0 aliphatic carbocycles. The van der Waals surface area contributed by atoms with Gasteiger partial charge in [-0.25, -0.2) is 4.79 Å². The fraction of sp³-hybridized carbons (Fsp3) is 0.0769. The molecule has 2 aromatic rings. The van der Waals surface area contributed by atoms with E-state index in [4.69, 9.17) is 9.84 Å². The number of carbonyl (C=O) groups is 2. The monoisotopic (exact) mass is 277 g/mol. The normalized spacial score (nSPS) is 9.95. The van der Waals surface area contributed by atoms with Crippen LogP contribution in [0.25, 0.3) is 0 Å². The molecule has 1 heterocycles. The number of aromatic carboxylic acids is 1. The third-order valence-electron chi connectivity index (χ3n) is 2.45. The summed E-state index contributed by atoms with van der Waals surface area (Å²) in [5.74, 6) is -0.872. The van der Waals surface area contributed by atoms with Gasteiger partial charge in [0.15, 0.2) is 0 Å². The highest BCUT2D eigenvalue weighted by molar-refractivity contribution is 7.14. The zero-order valence-electron chi connectivity index (χ0n) is 10.0. The molecule has 0 aliphatic rings. The summed E-state index contributed by atoms with van der Waals surface area (Å²) in [5.41, 5.74) is 0.491. The van der Waals surface area contributed by atoms with Gasteiger partial charge in [-0.15, -0.1) is 11.3 Å². The van der Waals surface area contributed by atoms with Crippen LogP contribution in [0.3, 0.4) is 0 Å². The third kappa shape index (κ3) is 2.92. The summed E-state index contributed by atoms with van der Waals surface area (Å²) in [7, 11) is 1.51. The summed E-state index contributed by atoms with van der Waals surface area (Å²) in [5, 5.41) is 13.5. The summed E-state index contributed by atoms with van der Waals surface area (Å²) in [6, 6.07) is 8.09. The minimum atomic E-state index is -1.07. The average Bonchev–Trinajstić information content (AvgIpc) is 2.87.